The predicted octanol–water partition coefficient (Wildman–Crippen LogP) is 5.12. The summed E-state index contributed by atoms with van der Waals surface area (Å²) in [4.78, 5) is 0. The van der Waals surface area contributed by atoms with Crippen molar-refractivity contribution in [1.82, 2.24) is 5.43 Å². The SMILES string of the molecule is Cl.N=C(N)N/N=C/c1cccc(OCc2cc(Cl)cc(Cl)c2Cl)c1Cl. The van der Waals surface area contributed by atoms with E-state index in [0.717, 1.165) is 0 Å². The van der Waals surface area contributed by atoms with Crippen molar-refractivity contribution in [2.75, 3.05) is 0 Å². The van der Waals surface area contributed by atoms with Crippen molar-refractivity contribution >= 4 is 71.0 Å². The molecule has 0 fully saturated rings. The lowest BCUT2D eigenvalue weighted by molar-refractivity contribution is 0.306. The number of nitrogens with two attached hydrogens (primary N) is 1. The van der Waals surface area contributed by atoms with Crippen LogP contribution in [0.1, 0.15) is 11.1 Å². The van der Waals surface area contributed by atoms with Gasteiger partial charge in [0.15, 0.2) is 0 Å². The van der Waals surface area contributed by atoms with E-state index in [9.17, 15) is 0 Å². The van der Waals surface area contributed by atoms with Gasteiger partial charge in [0.05, 0.1) is 21.3 Å². The number of nitrogens with one attached hydrogen (secondary N) is 2. The summed E-state index contributed by atoms with van der Waals surface area (Å²) in [6, 6.07) is 8.43. The molecular weight excluding hydrogens is 429 g/mol. The Morgan fingerprint density at radius 3 is 2.60 bits per heavy atom. The van der Waals surface area contributed by atoms with Crippen molar-refractivity contribution in [3.63, 3.8) is 0 Å². The lowest BCUT2D eigenvalue weighted by Gasteiger charge is -2.11. The molecule has 2 rings (SSSR count). The minimum absolute atomic E-state index is 0. The number of rotatable bonds is 5. The number of guanidine groups is 1. The number of benzene rings is 2. The Hall–Kier alpha value is -1.37. The lowest BCUT2D eigenvalue weighted by atomic mass is 10.2. The predicted molar refractivity (Wildman–Crippen MR) is 107 cm³/mol. The first kappa shape index (κ1) is 21.7. The molecule has 0 aliphatic heterocycles. The van der Waals surface area contributed by atoms with Crippen LogP contribution in [-0.2, 0) is 6.61 Å². The van der Waals surface area contributed by atoms with Gasteiger partial charge in [0.1, 0.15) is 12.4 Å². The number of hydrogen-bond donors (Lipinski definition) is 3. The fraction of sp³-hybridized carbons (Fsp3) is 0.0667. The molecule has 0 aromatic heterocycles. The van der Waals surface area contributed by atoms with Crippen LogP contribution in [0.15, 0.2) is 35.4 Å². The highest BCUT2D eigenvalue weighted by Crippen LogP contribution is 2.32. The zero-order chi connectivity index (χ0) is 17.7. The van der Waals surface area contributed by atoms with Crippen LogP contribution in [0.4, 0.5) is 0 Å². The van der Waals surface area contributed by atoms with Crippen LogP contribution in [0.5, 0.6) is 5.75 Å². The minimum atomic E-state index is -0.276. The molecule has 0 heterocycles. The zero-order valence-corrected chi connectivity index (χ0v) is 16.4. The van der Waals surface area contributed by atoms with E-state index in [2.05, 4.69) is 10.5 Å². The summed E-state index contributed by atoms with van der Waals surface area (Å²) in [7, 11) is 0. The first-order chi connectivity index (χ1) is 11.4. The number of ether oxygens (including phenoxy) is 1. The van der Waals surface area contributed by atoms with Gasteiger partial charge in [-0.1, -0.05) is 58.5 Å². The van der Waals surface area contributed by atoms with Crippen LogP contribution >= 0.6 is 58.8 Å². The Bertz CT molecular complexity index is 798. The van der Waals surface area contributed by atoms with E-state index in [1.807, 2.05) is 0 Å². The molecular formula is C15H13Cl5N4O. The van der Waals surface area contributed by atoms with Crippen molar-refractivity contribution in [1.29, 1.82) is 5.41 Å². The summed E-state index contributed by atoms with van der Waals surface area (Å²) < 4.78 is 5.70. The Morgan fingerprint density at radius 1 is 1.20 bits per heavy atom. The maximum Gasteiger partial charge on any atom is 0.206 e. The van der Waals surface area contributed by atoms with Gasteiger partial charge in [-0.05, 0) is 18.2 Å². The third-order valence-electron chi connectivity index (χ3n) is 2.83. The molecule has 10 heteroatoms. The van der Waals surface area contributed by atoms with Gasteiger partial charge in [0, 0.05) is 16.1 Å². The summed E-state index contributed by atoms with van der Waals surface area (Å²) >= 11 is 24.4. The van der Waals surface area contributed by atoms with Crippen LogP contribution in [-0.4, -0.2) is 12.2 Å². The molecule has 0 atom stereocenters. The van der Waals surface area contributed by atoms with Gasteiger partial charge in [-0.2, -0.15) is 5.10 Å². The van der Waals surface area contributed by atoms with E-state index < -0.39 is 0 Å². The fourth-order valence-electron chi connectivity index (χ4n) is 1.78. The molecule has 2 aromatic rings. The van der Waals surface area contributed by atoms with Crippen LogP contribution < -0.4 is 15.9 Å². The number of hydrogen-bond acceptors (Lipinski definition) is 3. The molecule has 5 nitrogen and oxygen atoms in total. The van der Waals surface area contributed by atoms with Crippen molar-refractivity contribution < 1.29 is 4.74 Å². The van der Waals surface area contributed by atoms with E-state index >= 15 is 0 Å². The summed E-state index contributed by atoms with van der Waals surface area (Å²) in [5.74, 6) is 0.165. The van der Waals surface area contributed by atoms with Crippen molar-refractivity contribution in [3.05, 3.63) is 61.5 Å². The van der Waals surface area contributed by atoms with Crippen LogP contribution in [0.3, 0.4) is 0 Å². The summed E-state index contributed by atoms with van der Waals surface area (Å²) in [6.07, 6.45) is 1.43. The van der Waals surface area contributed by atoms with E-state index in [1.165, 1.54) is 6.21 Å². The summed E-state index contributed by atoms with van der Waals surface area (Å²) in [5.41, 5.74) is 8.68. The molecule has 0 unspecified atom stereocenters. The second kappa shape index (κ2) is 9.94. The normalized spacial score (nSPS) is 10.4. The Balaban J connectivity index is 0.00000312. The van der Waals surface area contributed by atoms with E-state index in [4.69, 9.17) is 62.3 Å². The molecule has 0 saturated heterocycles. The molecule has 134 valence electrons. The number of hydrazone groups is 1. The van der Waals surface area contributed by atoms with E-state index in [1.54, 1.807) is 30.3 Å². The quantitative estimate of drug-likeness (QED) is 0.260. The topological polar surface area (TPSA) is 83.5 Å². The molecule has 0 spiro atoms. The van der Waals surface area contributed by atoms with E-state index in [-0.39, 0.29) is 25.0 Å². The lowest BCUT2D eigenvalue weighted by Crippen LogP contribution is -2.25. The fourth-order valence-corrected chi connectivity index (χ4v) is 2.71. The molecule has 0 aliphatic rings. The van der Waals surface area contributed by atoms with E-state index in [0.29, 0.717) is 37.0 Å². The highest BCUT2D eigenvalue weighted by Gasteiger charge is 2.10. The third-order valence-corrected chi connectivity index (χ3v) is 4.30. The van der Waals surface area contributed by atoms with Crippen molar-refractivity contribution in [2.45, 2.75) is 6.61 Å². The minimum Gasteiger partial charge on any atom is -0.487 e. The first-order valence-electron chi connectivity index (χ1n) is 6.56. The largest absolute Gasteiger partial charge is 0.487 e. The monoisotopic (exact) mass is 440 g/mol. The Kier molecular flexibility index (Phi) is 8.62. The van der Waals surface area contributed by atoms with Crippen LogP contribution in [0.2, 0.25) is 20.1 Å². The average Bonchev–Trinajstić information content (AvgIpc) is 2.51. The second-order valence-corrected chi connectivity index (χ2v) is 6.19. The smallest absolute Gasteiger partial charge is 0.206 e. The summed E-state index contributed by atoms with van der Waals surface area (Å²) in [5, 5.41) is 12.4. The second-order valence-electron chi connectivity index (χ2n) is 4.59. The summed E-state index contributed by atoms with van der Waals surface area (Å²) in [6.45, 7) is 0.144. The molecule has 25 heavy (non-hydrogen) atoms. The molecule has 4 N–H and O–H groups in total. The zero-order valence-electron chi connectivity index (χ0n) is 12.5. The standard InChI is InChI=1S/C15H12Cl4N4O.ClH/c16-10-4-9(13(18)11(17)5-10)7-24-12-3-1-2-8(14(12)19)6-22-23-15(20)21;/h1-6H,7H2,(H4,20,21,23);1H/b22-6+;. The van der Waals surface area contributed by atoms with Gasteiger partial charge < -0.3 is 10.5 Å². The average molecular weight is 443 g/mol. The first-order valence-corrected chi connectivity index (χ1v) is 8.07. The molecule has 0 aliphatic carbocycles. The Labute approximate surface area is 171 Å². The molecule has 0 amide bonds. The van der Waals surface area contributed by atoms with Gasteiger partial charge in [-0.25, -0.2) is 5.43 Å². The van der Waals surface area contributed by atoms with Crippen LogP contribution in [0.25, 0.3) is 0 Å². The Morgan fingerprint density at radius 2 is 1.92 bits per heavy atom. The van der Waals surface area contributed by atoms with Gasteiger partial charge in [-0.15, -0.1) is 12.4 Å². The van der Waals surface area contributed by atoms with Crippen LogP contribution in [0, 0.1) is 5.41 Å². The number of nitrogens with zero attached hydrogens (tertiary/aromatic N) is 1. The van der Waals surface area contributed by atoms with Crippen molar-refractivity contribution in [2.24, 2.45) is 10.8 Å². The number of halogens is 5. The van der Waals surface area contributed by atoms with Gasteiger partial charge in [0.25, 0.3) is 0 Å². The highest BCUT2D eigenvalue weighted by molar-refractivity contribution is 6.43. The third kappa shape index (κ3) is 6.13. The molecule has 0 radical (unpaired) electrons. The van der Waals surface area contributed by atoms with Gasteiger partial charge >= 0.3 is 0 Å². The molecule has 0 saturated carbocycles. The van der Waals surface area contributed by atoms with Crippen molar-refractivity contribution in [3.8, 4) is 5.75 Å². The molecule has 2 aromatic carbocycles. The van der Waals surface area contributed by atoms with Gasteiger partial charge in [-0.3, -0.25) is 5.41 Å². The maximum absolute atomic E-state index is 7.03. The molecule has 0 bridgehead atoms. The maximum atomic E-state index is 7.03. The highest BCUT2D eigenvalue weighted by atomic mass is 35.5. The van der Waals surface area contributed by atoms with Gasteiger partial charge in [0.2, 0.25) is 5.96 Å².